The molecule has 1 unspecified atom stereocenters. The van der Waals surface area contributed by atoms with Crippen LogP contribution < -0.4 is 5.32 Å². The van der Waals surface area contributed by atoms with Crippen molar-refractivity contribution in [1.29, 1.82) is 0 Å². The smallest absolute Gasteiger partial charge is 0.0739 e. The highest BCUT2D eigenvalue weighted by Crippen LogP contribution is 2.24. The highest BCUT2D eigenvalue weighted by Gasteiger charge is 2.22. The molecule has 0 bridgehead atoms. The van der Waals surface area contributed by atoms with Crippen LogP contribution >= 0.6 is 15.9 Å². The predicted molar refractivity (Wildman–Crippen MR) is 82.3 cm³/mol. The quantitative estimate of drug-likeness (QED) is 0.901. The third-order valence-corrected chi connectivity index (χ3v) is 5.03. The van der Waals surface area contributed by atoms with E-state index in [0.29, 0.717) is 6.04 Å². The molecule has 1 atom stereocenters. The number of nitrogens with one attached hydrogen (secondary N) is 1. The largest absolute Gasteiger partial charge is 0.315 e. The van der Waals surface area contributed by atoms with Crippen molar-refractivity contribution in [2.75, 3.05) is 19.6 Å². The van der Waals surface area contributed by atoms with Crippen molar-refractivity contribution in [3.63, 3.8) is 0 Å². The van der Waals surface area contributed by atoms with E-state index in [0.717, 1.165) is 31.9 Å². The van der Waals surface area contributed by atoms with Gasteiger partial charge in [0.2, 0.25) is 0 Å². The van der Waals surface area contributed by atoms with E-state index in [1.54, 1.807) is 0 Å². The van der Waals surface area contributed by atoms with E-state index in [-0.39, 0.29) is 0 Å². The average molecular weight is 329 g/mol. The van der Waals surface area contributed by atoms with Gasteiger partial charge in [0, 0.05) is 25.7 Å². The Morgan fingerprint density at radius 1 is 1.47 bits per heavy atom. The number of piperidine rings is 1. The highest BCUT2D eigenvalue weighted by atomic mass is 79.9. The Labute approximate surface area is 124 Å². The molecule has 0 amide bonds. The lowest BCUT2D eigenvalue weighted by molar-refractivity contribution is 0.161. The van der Waals surface area contributed by atoms with Crippen LogP contribution in [0.15, 0.2) is 4.47 Å². The maximum atomic E-state index is 4.59. The minimum absolute atomic E-state index is 0.658. The molecular weight excluding hydrogens is 304 g/mol. The molecule has 2 rings (SSSR count). The van der Waals surface area contributed by atoms with Gasteiger partial charge in [0.25, 0.3) is 0 Å². The molecular formula is C14H25BrN4. The van der Waals surface area contributed by atoms with Crippen LogP contribution in [0.25, 0.3) is 0 Å². The number of likely N-dealkylation sites (N-methyl/N-ethyl adjacent to an activating group) is 1. The Bertz CT molecular complexity index is 410. The molecule has 1 aromatic heterocycles. The molecule has 0 aromatic carbocycles. The van der Waals surface area contributed by atoms with Gasteiger partial charge in [-0.1, -0.05) is 6.92 Å². The van der Waals surface area contributed by atoms with E-state index in [9.17, 15) is 0 Å². The molecule has 0 saturated carbocycles. The minimum atomic E-state index is 0.658. The average Bonchev–Trinajstić information content (AvgIpc) is 2.72. The van der Waals surface area contributed by atoms with Crippen molar-refractivity contribution in [3.05, 3.63) is 15.9 Å². The number of nitrogens with zero attached hydrogens (tertiary/aromatic N) is 3. The fourth-order valence-electron chi connectivity index (χ4n) is 2.86. The summed E-state index contributed by atoms with van der Waals surface area (Å²) in [5, 5.41) is 8.10. The molecule has 19 heavy (non-hydrogen) atoms. The SMILES string of the molecule is CCN(Cc1c(Br)c(C)nn1CC)C1CCCNC1. The van der Waals surface area contributed by atoms with Crippen LogP contribution in [-0.4, -0.2) is 40.4 Å². The predicted octanol–water partition coefficient (Wildman–Crippen LogP) is 2.55. The first-order chi connectivity index (χ1) is 9.17. The third kappa shape index (κ3) is 3.38. The molecule has 1 N–H and O–H groups in total. The highest BCUT2D eigenvalue weighted by molar-refractivity contribution is 9.10. The molecule has 2 heterocycles. The number of halogens is 1. The van der Waals surface area contributed by atoms with Crippen molar-refractivity contribution < 1.29 is 0 Å². The summed E-state index contributed by atoms with van der Waals surface area (Å²) in [4.78, 5) is 2.57. The van der Waals surface area contributed by atoms with Crippen molar-refractivity contribution in [2.45, 2.75) is 52.7 Å². The molecule has 1 saturated heterocycles. The summed E-state index contributed by atoms with van der Waals surface area (Å²) in [6.45, 7) is 11.8. The summed E-state index contributed by atoms with van der Waals surface area (Å²) in [6, 6.07) is 0.658. The summed E-state index contributed by atoms with van der Waals surface area (Å²) in [6.07, 6.45) is 2.59. The lowest BCUT2D eigenvalue weighted by atomic mass is 10.1. The second-order valence-corrected chi connectivity index (χ2v) is 6.02. The van der Waals surface area contributed by atoms with Crippen molar-refractivity contribution >= 4 is 15.9 Å². The Hall–Kier alpha value is -0.390. The Morgan fingerprint density at radius 2 is 2.26 bits per heavy atom. The molecule has 0 aliphatic carbocycles. The fourth-order valence-corrected chi connectivity index (χ4v) is 3.27. The molecule has 1 aliphatic heterocycles. The van der Waals surface area contributed by atoms with Crippen molar-refractivity contribution in [1.82, 2.24) is 20.0 Å². The maximum Gasteiger partial charge on any atom is 0.0739 e. The second-order valence-electron chi connectivity index (χ2n) is 5.23. The van der Waals surface area contributed by atoms with Gasteiger partial charge in [0.05, 0.1) is 15.9 Å². The van der Waals surface area contributed by atoms with Gasteiger partial charge in [0.15, 0.2) is 0 Å². The number of hydrogen-bond donors (Lipinski definition) is 1. The van der Waals surface area contributed by atoms with Crippen LogP contribution in [0.1, 0.15) is 38.1 Å². The summed E-state index contributed by atoms with van der Waals surface area (Å²) >= 11 is 3.70. The Balaban J connectivity index is 2.13. The molecule has 1 fully saturated rings. The topological polar surface area (TPSA) is 33.1 Å². The lowest BCUT2D eigenvalue weighted by Gasteiger charge is -2.34. The Morgan fingerprint density at radius 3 is 2.84 bits per heavy atom. The number of aryl methyl sites for hydroxylation is 2. The third-order valence-electron chi connectivity index (χ3n) is 4.00. The molecule has 4 nitrogen and oxygen atoms in total. The Kier molecular flexibility index (Phi) is 5.42. The first kappa shape index (κ1) is 15.0. The second kappa shape index (κ2) is 6.86. The zero-order valence-corrected chi connectivity index (χ0v) is 13.8. The van der Waals surface area contributed by atoms with Gasteiger partial charge in [-0.2, -0.15) is 5.10 Å². The van der Waals surface area contributed by atoms with Crippen LogP contribution in [0.2, 0.25) is 0 Å². The first-order valence-corrected chi connectivity index (χ1v) is 8.13. The number of hydrogen-bond acceptors (Lipinski definition) is 3. The van der Waals surface area contributed by atoms with Crippen LogP contribution in [0.5, 0.6) is 0 Å². The maximum absolute atomic E-state index is 4.59. The van der Waals surface area contributed by atoms with Crippen LogP contribution in [0.3, 0.4) is 0 Å². The molecule has 1 aliphatic rings. The fraction of sp³-hybridized carbons (Fsp3) is 0.786. The van der Waals surface area contributed by atoms with Crippen LogP contribution in [0.4, 0.5) is 0 Å². The molecule has 1 aromatic rings. The van der Waals surface area contributed by atoms with E-state index >= 15 is 0 Å². The zero-order valence-electron chi connectivity index (χ0n) is 12.2. The number of aromatic nitrogens is 2. The van der Waals surface area contributed by atoms with Gasteiger partial charge < -0.3 is 5.32 Å². The van der Waals surface area contributed by atoms with Gasteiger partial charge in [0.1, 0.15) is 0 Å². The molecule has 0 radical (unpaired) electrons. The van der Waals surface area contributed by atoms with E-state index in [1.807, 2.05) is 0 Å². The van der Waals surface area contributed by atoms with E-state index in [1.165, 1.54) is 29.6 Å². The first-order valence-electron chi connectivity index (χ1n) is 7.33. The summed E-state index contributed by atoms with van der Waals surface area (Å²) in [5.41, 5.74) is 2.40. The van der Waals surface area contributed by atoms with Gasteiger partial charge in [-0.25, -0.2) is 0 Å². The van der Waals surface area contributed by atoms with Gasteiger partial charge in [-0.15, -0.1) is 0 Å². The standard InChI is InChI=1S/C14H25BrN4/c1-4-18(12-7-6-8-16-9-12)10-13-14(15)11(3)17-19(13)5-2/h12,16H,4-10H2,1-3H3. The number of rotatable bonds is 5. The van der Waals surface area contributed by atoms with Crippen LogP contribution in [-0.2, 0) is 13.1 Å². The lowest BCUT2D eigenvalue weighted by Crippen LogP contribution is -2.45. The summed E-state index contributed by atoms with van der Waals surface area (Å²) < 4.78 is 3.30. The van der Waals surface area contributed by atoms with E-state index < -0.39 is 0 Å². The molecule has 108 valence electrons. The van der Waals surface area contributed by atoms with E-state index in [2.05, 4.69) is 56.7 Å². The van der Waals surface area contributed by atoms with E-state index in [4.69, 9.17) is 0 Å². The normalized spacial score (nSPS) is 20.2. The molecule has 5 heteroatoms. The minimum Gasteiger partial charge on any atom is -0.315 e. The van der Waals surface area contributed by atoms with Gasteiger partial charge in [-0.05, 0) is 55.7 Å². The summed E-state index contributed by atoms with van der Waals surface area (Å²) in [7, 11) is 0. The molecule has 0 spiro atoms. The monoisotopic (exact) mass is 328 g/mol. The zero-order chi connectivity index (χ0) is 13.8. The van der Waals surface area contributed by atoms with Crippen LogP contribution in [0, 0.1) is 6.92 Å². The summed E-state index contributed by atoms with van der Waals surface area (Å²) in [5.74, 6) is 0. The van der Waals surface area contributed by atoms with Crippen molar-refractivity contribution in [3.8, 4) is 0 Å². The van der Waals surface area contributed by atoms with Gasteiger partial charge >= 0.3 is 0 Å². The van der Waals surface area contributed by atoms with Crippen molar-refractivity contribution in [2.24, 2.45) is 0 Å². The van der Waals surface area contributed by atoms with Gasteiger partial charge in [-0.3, -0.25) is 9.58 Å².